The standard InChI is InChI=1S/C12H22F3N3/c13-12(14,15)9-17-4-6-18(7-5-17)11-3-1-2-10(16)8-11/h10-11H,1-9,16H2. The molecule has 3 nitrogen and oxygen atoms in total. The molecule has 6 heteroatoms. The van der Waals surface area contributed by atoms with Crippen molar-refractivity contribution in [2.45, 2.75) is 43.9 Å². The van der Waals surface area contributed by atoms with E-state index < -0.39 is 12.7 Å². The van der Waals surface area contributed by atoms with Gasteiger partial charge in [-0.05, 0) is 19.3 Å². The number of hydrogen-bond donors (Lipinski definition) is 1. The van der Waals surface area contributed by atoms with E-state index >= 15 is 0 Å². The Labute approximate surface area is 106 Å². The molecule has 2 unspecified atom stereocenters. The molecule has 1 aliphatic heterocycles. The van der Waals surface area contributed by atoms with Crippen molar-refractivity contribution < 1.29 is 13.2 Å². The first-order valence-electron chi connectivity index (χ1n) is 6.73. The highest BCUT2D eigenvalue weighted by atomic mass is 19.4. The smallest absolute Gasteiger partial charge is 0.328 e. The van der Waals surface area contributed by atoms with E-state index in [9.17, 15) is 13.2 Å². The molecular weight excluding hydrogens is 243 g/mol. The molecule has 2 N–H and O–H groups in total. The summed E-state index contributed by atoms with van der Waals surface area (Å²) in [5, 5.41) is 0. The van der Waals surface area contributed by atoms with Gasteiger partial charge in [0.15, 0.2) is 0 Å². The first kappa shape index (κ1) is 14.1. The van der Waals surface area contributed by atoms with E-state index in [0.717, 1.165) is 38.8 Å². The SMILES string of the molecule is NC1CCCC(N2CCN(CC(F)(F)F)CC2)C1. The average Bonchev–Trinajstić information content (AvgIpc) is 2.28. The van der Waals surface area contributed by atoms with Gasteiger partial charge in [-0.25, -0.2) is 0 Å². The van der Waals surface area contributed by atoms with Crippen LogP contribution >= 0.6 is 0 Å². The number of nitrogens with zero attached hydrogens (tertiary/aromatic N) is 2. The van der Waals surface area contributed by atoms with Crippen molar-refractivity contribution in [2.24, 2.45) is 5.73 Å². The van der Waals surface area contributed by atoms with Crippen LogP contribution in [0.2, 0.25) is 0 Å². The second kappa shape index (κ2) is 5.75. The Morgan fingerprint density at radius 2 is 1.72 bits per heavy atom. The zero-order valence-electron chi connectivity index (χ0n) is 10.6. The maximum Gasteiger partial charge on any atom is 0.401 e. The highest BCUT2D eigenvalue weighted by Gasteiger charge is 2.33. The summed E-state index contributed by atoms with van der Waals surface area (Å²) in [5.74, 6) is 0. The highest BCUT2D eigenvalue weighted by Crippen LogP contribution is 2.24. The molecule has 1 saturated heterocycles. The Balaban J connectivity index is 1.76. The third-order valence-electron chi connectivity index (χ3n) is 4.01. The van der Waals surface area contributed by atoms with Crippen molar-refractivity contribution in [2.75, 3.05) is 32.7 Å². The number of rotatable bonds is 2. The Kier molecular flexibility index (Phi) is 4.50. The zero-order valence-corrected chi connectivity index (χ0v) is 10.6. The summed E-state index contributed by atoms with van der Waals surface area (Å²) in [4.78, 5) is 3.82. The van der Waals surface area contributed by atoms with Crippen molar-refractivity contribution in [3.8, 4) is 0 Å². The van der Waals surface area contributed by atoms with E-state index in [-0.39, 0.29) is 6.04 Å². The lowest BCUT2D eigenvalue weighted by molar-refractivity contribution is -0.150. The lowest BCUT2D eigenvalue weighted by Crippen LogP contribution is -2.53. The van der Waals surface area contributed by atoms with Crippen LogP contribution in [0.3, 0.4) is 0 Å². The largest absolute Gasteiger partial charge is 0.401 e. The van der Waals surface area contributed by atoms with Gasteiger partial charge in [-0.15, -0.1) is 0 Å². The van der Waals surface area contributed by atoms with Crippen LogP contribution in [-0.2, 0) is 0 Å². The molecule has 2 fully saturated rings. The molecule has 0 radical (unpaired) electrons. The van der Waals surface area contributed by atoms with Gasteiger partial charge in [-0.3, -0.25) is 9.80 Å². The lowest BCUT2D eigenvalue weighted by Gasteiger charge is -2.42. The molecule has 0 aromatic rings. The van der Waals surface area contributed by atoms with Crippen LogP contribution in [-0.4, -0.2) is 60.8 Å². The first-order valence-corrected chi connectivity index (χ1v) is 6.73. The van der Waals surface area contributed by atoms with Gasteiger partial charge in [0, 0.05) is 38.3 Å². The van der Waals surface area contributed by atoms with Gasteiger partial charge in [0.1, 0.15) is 0 Å². The number of alkyl halides is 3. The monoisotopic (exact) mass is 265 g/mol. The Hall–Kier alpha value is -0.330. The molecule has 18 heavy (non-hydrogen) atoms. The average molecular weight is 265 g/mol. The first-order chi connectivity index (χ1) is 8.44. The molecule has 106 valence electrons. The van der Waals surface area contributed by atoms with E-state index in [1.165, 1.54) is 4.90 Å². The van der Waals surface area contributed by atoms with Crippen LogP contribution in [0, 0.1) is 0 Å². The van der Waals surface area contributed by atoms with Gasteiger partial charge in [-0.1, -0.05) is 6.42 Å². The number of hydrogen-bond acceptors (Lipinski definition) is 3. The Morgan fingerprint density at radius 1 is 1.06 bits per heavy atom. The maximum atomic E-state index is 12.3. The quantitative estimate of drug-likeness (QED) is 0.820. The fourth-order valence-corrected chi connectivity index (χ4v) is 3.07. The fourth-order valence-electron chi connectivity index (χ4n) is 3.07. The van der Waals surface area contributed by atoms with Gasteiger partial charge >= 0.3 is 6.18 Å². The third kappa shape index (κ3) is 4.10. The van der Waals surface area contributed by atoms with Crippen LogP contribution < -0.4 is 5.73 Å². The van der Waals surface area contributed by atoms with Gasteiger partial charge in [0.25, 0.3) is 0 Å². The molecule has 2 rings (SSSR count). The maximum absolute atomic E-state index is 12.3. The lowest BCUT2D eigenvalue weighted by atomic mass is 9.90. The van der Waals surface area contributed by atoms with E-state index in [1.54, 1.807) is 0 Å². The number of nitrogens with two attached hydrogens (primary N) is 1. The van der Waals surface area contributed by atoms with Crippen molar-refractivity contribution in [1.82, 2.24) is 9.80 Å². The Bertz CT molecular complexity index is 262. The third-order valence-corrected chi connectivity index (χ3v) is 4.01. The topological polar surface area (TPSA) is 32.5 Å². The summed E-state index contributed by atoms with van der Waals surface area (Å²) >= 11 is 0. The number of halogens is 3. The van der Waals surface area contributed by atoms with Crippen molar-refractivity contribution in [3.63, 3.8) is 0 Å². The second-order valence-corrected chi connectivity index (χ2v) is 5.51. The summed E-state index contributed by atoms with van der Waals surface area (Å²) < 4.78 is 36.8. The van der Waals surface area contributed by atoms with E-state index in [2.05, 4.69) is 4.90 Å². The summed E-state index contributed by atoms with van der Waals surface area (Å²) in [6.07, 6.45) is 0.306. The van der Waals surface area contributed by atoms with Crippen LogP contribution in [0.1, 0.15) is 25.7 Å². The van der Waals surface area contributed by atoms with Gasteiger partial charge in [0.05, 0.1) is 6.54 Å². The Morgan fingerprint density at radius 3 is 2.28 bits per heavy atom. The van der Waals surface area contributed by atoms with E-state index in [1.807, 2.05) is 0 Å². The van der Waals surface area contributed by atoms with Crippen LogP contribution in [0.4, 0.5) is 13.2 Å². The molecular formula is C12H22F3N3. The predicted octanol–water partition coefficient (Wildman–Crippen LogP) is 1.44. The van der Waals surface area contributed by atoms with Gasteiger partial charge in [0.2, 0.25) is 0 Å². The molecule has 2 aliphatic rings. The van der Waals surface area contributed by atoms with E-state index in [4.69, 9.17) is 5.73 Å². The van der Waals surface area contributed by atoms with E-state index in [0.29, 0.717) is 19.1 Å². The molecule has 2 atom stereocenters. The van der Waals surface area contributed by atoms with Crippen molar-refractivity contribution in [3.05, 3.63) is 0 Å². The van der Waals surface area contributed by atoms with Crippen LogP contribution in [0.15, 0.2) is 0 Å². The van der Waals surface area contributed by atoms with Crippen molar-refractivity contribution >= 4 is 0 Å². The van der Waals surface area contributed by atoms with Crippen LogP contribution in [0.25, 0.3) is 0 Å². The minimum Gasteiger partial charge on any atom is -0.328 e. The predicted molar refractivity (Wildman–Crippen MR) is 64.3 cm³/mol. The molecule has 0 aromatic heterocycles. The summed E-state index contributed by atoms with van der Waals surface area (Å²) in [5.41, 5.74) is 5.96. The highest BCUT2D eigenvalue weighted by molar-refractivity contribution is 4.85. The van der Waals surface area contributed by atoms with Gasteiger partial charge in [-0.2, -0.15) is 13.2 Å². The fraction of sp³-hybridized carbons (Fsp3) is 1.00. The minimum absolute atomic E-state index is 0.275. The molecule has 0 bridgehead atoms. The molecule has 0 aromatic carbocycles. The second-order valence-electron chi connectivity index (χ2n) is 5.51. The number of piperazine rings is 1. The molecule has 1 heterocycles. The normalized spacial score (nSPS) is 32.7. The molecule has 1 saturated carbocycles. The van der Waals surface area contributed by atoms with Gasteiger partial charge < -0.3 is 5.73 Å². The summed E-state index contributed by atoms with van der Waals surface area (Å²) in [6, 6.07) is 0.763. The minimum atomic E-state index is -4.07. The zero-order chi connectivity index (χ0) is 13.2. The van der Waals surface area contributed by atoms with Crippen molar-refractivity contribution in [1.29, 1.82) is 0 Å². The summed E-state index contributed by atoms with van der Waals surface area (Å²) in [7, 11) is 0. The summed E-state index contributed by atoms with van der Waals surface area (Å²) in [6.45, 7) is 1.75. The van der Waals surface area contributed by atoms with Crippen LogP contribution in [0.5, 0.6) is 0 Å². The molecule has 1 aliphatic carbocycles. The molecule has 0 amide bonds. The molecule has 0 spiro atoms.